The molecule has 1 aliphatic rings. The standard InChI is InChI=1S/C15H32N3O5P/c1-14(2,20)7-12-23-15(3,4)13(19)17-8-10-18(11-9-17)24(21,16-5)22-6/h20H,7-12H2,1-6H3,(H,16,21). The van der Waals surface area contributed by atoms with Gasteiger partial charge in [-0.2, -0.15) is 0 Å². The third-order valence-corrected chi connectivity index (χ3v) is 6.34. The predicted molar refractivity (Wildman–Crippen MR) is 92.8 cm³/mol. The van der Waals surface area contributed by atoms with Gasteiger partial charge in [0.05, 0.1) is 12.2 Å². The van der Waals surface area contributed by atoms with Crippen molar-refractivity contribution in [3.63, 3.8) is 0 Å². The highest BCUT2D eigenvalue weighted by atomic mass is 31.2. The molecule has 9 heteroatoms. The number of hydrogen-bond donors (Lipinski definition) is 2. The third-order valence-electron chi connectivity index (χ3n) is 4.14. The van der Waals surface area contributed by atoms with Gasteiger partial charge in [0.1, 0.15) is 5.60 Å². The van der Waals surface area contributed by atoms with Gasteiger partial charge in [-0.1, -0.05) is 0 Å². The first-order valence-corrected chi connectivity index (χ1v) is 9.79. The van der Waals surface area contributed by atoms with Crippen molar-refractivity contribution in [1.82, 2.24) is 14.7 Å². The molecule has 2 N–H and O–H groups in total. The second-order valence-electron chi connectivity index (χ2n) is 7.09. The quantitative estimate of drug-likeness (QED) is 0.622. The van der Waals surface area contributed by atoms with Crippen molar-refractivity contribution < 1.29 is 23.7 Å². The summed E-state index contributed by atoms with van der Waals surface area (Å²) in [6.45, 7) is 9.06. The first-order valence-electron chi connectivity index (χ1n) is 8.21. The molecule has 0 bridgehead atoms. The lowest BCUT2D eigenvalue weighted by Gasteiger charge is -2.40. The molecule has 0 radical (unpaired) electrons. The fraction of sp³-hybridized carbons (Fsp3) is 0.933. The second kappa shape index (κ2) is 8.25. The molecule has 0 aromatic rings. The van der Waals surface area contributed by atoms with Gasteiger partial charge >= 0.3 is 7.67 Å². The maximum Gasteiger partial charge on any atom is 0.343 e. The molecule has 0 spiro atoms. The Kier molecular flexibility index (Phi) is 7.41. The summed E-state index contributed by atoms with van der Waals surface area (Å²) in [6, 6.07) is 0. The molecule has 1 amide bonds. The summed E-state index contributed by atoms with van der Waals surface area (Å²) >= 11 is 0. The molecule has 0 saturated carbocycles. The van der Waals surface area contributed by atoms with E-state index in [0.717, 1.165) is 0 Å². The lowest BCUT2D eigenvalue weighted by atomic mass is 10.0. The van der Waals surface area contributed by atoms with Crippen LogP contribution in [0.25, 0.3) is 0 Å². The van der Waals surface area contributed by atoms with Gasteiger partial charge in [-0.05, 0) is 41.2 Å². The zero-order chi connectivity index (χ0) is 18.6. The monoisotopic (exact) mass is 365 g/mol. The van der Waals surface area contributed by atoms with Gasteiger partial charge in [-0.3, -0.25) is 9.36 Å². The van der Waals surface area contributed by atoms with Crippen LogP contribution in [-0.2, 0) is 18.6 Å². The van der Waals surface area contributed by atoms with Crippen LogP contribution in [-0.4, -0.2) is 78.7 Å². The molecular formula is C15H32N3O5P. The lowest BCUT2D eigenvalue weighted by molar-refractivity contribution is -0.157. The molecule has 24 heavy (non-hydrogen) atoms. The van der Waals surface area contributed by atoms with Crippen LogP contribution in [0, 0.1) is 0 Å². The summed E-state index contributed by atoms with van der Waals surface area (Å²) in [5, 5.41) is 12.5. The smallest absolute Gasteiger partial charge is 0.343 e. The number of ether oxygens (including phenoxy) is 1. The average molecular weight is 365 g/mol. The van der Waals surface area contributed by atoms with E-state index in [1.165, 1.54) is 7.11 Å². The Morgan fingerprint density at radius 2 is 1.75 bits per heavy atom. The Bertz CT molecular complexity index is 462. The molecule has 0 aliphatic carbocycles. The molecule has 8 nitrogen and oxygen atoms in total. The van der Waals surface area contributed by atoms with Crippen molar-refractivity contribution in [2.75, 3.05) is 46.9 Å². The van der Waals surface area contributed by atoms with Crippen LogP contribution in [0.1, 0.15) is 34.1 Å². The molecule has 1 aliphatic heterocycles. The van der Waals surface area contributed by atoms with Crippen LogP contribution in [0.2, 0.25) is 0 Å². The Morgan fingerprint density at radius 1 is 1.21 bits per heavy atom. The maximum atomic E-state index is 12.7. The fourth-order valence-electron chi connectivity index (χ4n) is 2.51. The zero-order valence-electron chi connectivity index (χ0n) is 15.7. The number of carbonyl (C=O) groups excluding carboxylic acids is 1. The van der Waals surface area contributed by atoms with E-state index in [9.17, 15) is 14.5 Å². The summed E-state index contributed by atoms with van der Waals surface area (Å²) in [7, 11) is 0.00582. The summed E-state index contributed by atoms with van der Waals surface area (Å²) in [5.41, 5.74) is -1.78. The zero-order valence-corrected chi connectivity index (χ0v) is 16.6. The predicted octanol–water partition coefficient (Wildman–Crippen LogP) is 1.06. The molecule has 1 heterocycles. The molecule has 1 saturated heterocycles. The number of amides is 1. The van der Waals surface area contributed by atoms with E-state index in [1.54, 1.807) is 44.3 Å². The highest BCUT2D eigenvalue weighted by Gasteiger charge is 2.38. The number of rotatable bonds is 8. The van der Waals surface area contributed by atoms with E-state index < -0.39 is 18.9 Å². The summed E-state index contributed by atoms with van der Waals surface area (Å²) in [5.74, 6) is -0.102. The van der Waals surface area contributed by atoms with Crippen LogP contribution >= 0.6 is 7.67 Å². The third kappa shape index (κ3) is 5.79. The molecule has 1 atom stereocenters. The van der Waals surface area contributed by atoms with Crippen LogP contribution in [0.4, 0.5) is 0 Å². The molecule has 142 valence electrons. The largest absolute Gasteiger partial charge is 0.390 e. The molecule has 1 unspecified atom stereocenters. The lowest BCUT2D eigenvalue weighted by Crippen LogP contribution is -2.54. The number of aliphatic hydroxyl groups is 1. The summed E-state index contributed by atoms with van der Waals surface area (Å²) in [4.78, 5) is 14.4. The number of nitrogens with one attached hydrogen (secondary N) is 1. The Morgan fingerprint density at radius 3 is 2.17 bits per heavy atom. The van der Waals surface area contributed by atoms with Crippen molar-refractivity contribution in [3.05, 3.63) is 0 Å². The van der Waals surface area contributed by atoms with E-state index in [-0.39, 0.29) is 5.91 Å². The normalized spacial score (nSPS) is 20.0. The van der Waals surface area contributed by atoms with Gasteiger partial charge < -0.3 is 19.3 Å². The van der Waals surface area contributed by atoms with Crippen molar-refractivity contribution in [2.24, 2.45) is 0 Å². The molecular weight excluding hydrogens is 333 g/mol. The molecule has 1 fully saturated rings. The van der Waals surface area contributed by atoms with Crippen molar-refractivity contribution >= 4 is 13.6 Å². The maximum absolute atomic E-state index is 12.7. The number of nitrogens with zero attached hydrogens (tertiary/aromatic N) is 2. The van der Waals surface area contributed by atoms with Gasteiger partial charge in [-0.25, -0.2) is 9.76 Å². The Hall–Kier alpha value is -0.500. The number of piperazine rings is 1. The first-order chi connectivity index (χ1) is 10.9. The molecule has 1 rings (SSSR count). The van der Waals surface area contributed by atoms with E-state index >= 15 is 0 Å². The highest BCUT2D eigenvalue weighted by molar-refractivity contribution is 7.54. The van der Waals surface area contributed by atoms with Crippen molar-refractivity contribution in [2.45, 2.75) is 45.3 Å². The highest BCUT2D eigenvalue weighted by Crippen LogP contribution is 2.45. The molecule has 0 aromatic carbocycles. The minimum Gasteiger partial charge on any atom is -0.390 e. The second-order valence-corrected chi connectivity index (χ2v) is 9.51. The minimum absolute atomic E-state index is 0.102. The van der Waals surface area contributed by atoms with E-state index in [0.29, 0.717) is 39.2 Å². The molecule has 0 aromatic heterocycles. The summed E-state index contributed by atoms with van der Waals surface area (Å²) in [6.07, 6.45) is 0.455. The summed E-state index contributed by atoms with van der Waals surface area (Å²) < 4.78 is 25.0. The fourth-order valence-corrected chi connectivity index (χ4v) is 3.91. The van der Waals surface area contributed by atoms with Crippen molar-refractivity contribution in [1.29, 1.82) is 0 Å². The minimum atomic E-state index is -3.00. The van der Waals surface area contributed by atoms with Crippen LogP contribution in [0.5, 0.6) is 0 Å². The van der Waals surface area contributed by atoms with Crippen LogP contribution in [0.15, 0.2) is 0 Å². The Balaban J connectivity index is 2.56. The topological polar surface area (TPSA) is 91.3 Å². The van der Waals surface area contributed by atoms with Crippen LogP contribution < -0.4 is 5.09 Å². The average Bonchev–Trinajstić information content (AvgIpc) is 2.52. The number of hydrogen-bond acceptors (Lipinski definition) is 5. The number of carbonyl (C=O) groups is 1. The van der Waals surface area contributed by atoms with Gasteiger partial charge in [0.25, 0.3) is 5.91 Å². The van der Waals surface area contributed by atoms with E-state index in [1.807, 2.05) is 0 Å². The van der Waals surface area contributed by atoms with E-state index in [2.05, 4.69) is 5.09 Å². The Labute approximate surface area is 145 Å². The first kappa shape index (κ1) is 21.5. The van der Waals surface area contributed by atoms with E-state index in [4.69, 9.17) is 9.26 Å². The van der Waals surface area contributed by atoms with Crippen molar-refractivity contribution in [3.8, 4) is 0 Å². The van der Waals surface area contributed by atoms with Gasteiger partial charge in [0, 0.05) is 33.3 Å². The van der Waals surface area contributed by atoms with Crippen LogP contribution in [0.3, 0.4) is 0 Å². The SMILES string of the molecule is CNP(=O)(OC)N1CCN(C(=O)C(C)(C)OCCC(C)(C)O)CC1. The van der Waals surface area contributed by atoms with Gasteiger partial charge in [-0.15, -0.1) is 0 Å². The van der Waals surface area contributed by atoms with Gasteiger partial charge in [0.2, 0.25) is 0 Å². The van der Waals surface area contributed by atoms with Gasteiger partial charge in [0.15, 0.2) is 0 Å².